The first kappa shape index (κ1) is 6.68. The SMILES string of the molecule is C=C/C=N/NC(N)=O. The van der Waals surface area contributed by atoms with Crippen LogP contribution in [0.15, 0.2) is 17.8 Å². The van der Waals surface area contributed by atoms with Gasteiger partial charge in [-0.05, 0) is 6.08 Å². The minimum absolute atomic E-state index is 0.678. The Kier molecular flexibility index (Phi) is 3.22. The lowest BCUT2D eigenvalue weighted by Gasteiger charge is -1.85. The van der Waals surface area contributed by atoms with Crippen LogP contribution in [0.4, 0.5) is 4.79 Å². The van der Waals surface area contributed by atoms with E-state index in [4.69, 9.17) is 0 Å². The number of allylic oxidation sites excluding steroid dienone is 1. The van der Waals surface area contributed by atoms with Crippen molar-refractivity contribution in [2.45, 2.75) is 0 Å². The van der Waals surface area contributed by atoms with Gasteiger partial charge in [-0.2, -0.15) is 5.10 Å². The molecule has 0 heterocycles. The molecule has 0 unspecified atom stereocenters. The molecule has 0 fully saturated rings. The molecule has 0 aromatic carbocycles. The molecule has 0 bridgehead atoms. The van der Waals surface area contributed by atoms with E-state index in [1.165, 1.54) is 12.3 Å². The van der Waals surface area contributed by atoms with Crippen LogP contribution in [0, 0.1) is 0 Å². The van der Waals surface area contributed by atoms with Crippen LogP contribution in [0.5, 0.6) is 0 Å². The van der Waals surface area contributed by atoms with Crippen molar-refractivity contribution in [3.8, 4) is 0 Å². The number of hydrazone groups is 1. The maximum Gasteiger partial charge on any atom is 0.332 e. The zero-order valence-electron chi connectivity index (χ0n) is 4.29. The highest BCUT2D eigenvalue weighted by Crippen LogP contribution is 1.56. The van der Waals surface area contributed by atoms with Crippen molar-refractivity contribution in [3.05, 3.63) is 12.7 Å². The molecule has 0 saturated heterocycles. The number of nitrogens with one attached hydrogen (secondary N) is 1. The second-order valence-corrected chi connectivity index (χ2v) is 0.990. The van der Waals surface area contributed by atoms with Gasteiger partial charge < -0.3 is 5.73 Å². The normalized spacial score (nSPS) is 9.00. The van der Waals surface area contributed by atoms with Gasteiger partial charge >= 0.3 is 6.03 Å². The Hall–Kier alpha value is -1.32. The molecule has 4 nitrogen and oxygen atoms in total. The van der Waals surface area contributed by atoms with Gasteiger partial charge in [0.25, 0.3) is 0 Å². The first-order valence-corrected chi connectivity index (χ1v) is 1.97. The summed E-state index contributed by atoms with van der Waals surface area (Å²) in [5.41, 5.74) is 6.62. The van der Waals surface area contributed by atoms with E-state index in [9.17, 15) is 4.79 Å². The second-order valence-electron chi connectivity index (χ2n) is 0.990. The average Bonchev–Trinajstić information content (AvgIpc) is 1.66. The molecule has 0 rings (SSSR count). The number of nitrogens with zero attached hydrogens (tertiary/aromatic N) is 1. The van der Waals surface area contributed by atoms with Crippen molar-refractivity contribution in [3.63, 3.8) is 0 Å². The third kappa shape index (κ3) is 4.68. The van der Waals surface area contributed by atoms with Crippen LogP contribution in [0.1, 0.15) is 0 Å². The third-order valence-electron chi connectivity index (χ3n) is 0.355. The molecule has 0 aromatic heterocycles. The highest BCUT2D eigenvalue weighted by molar-refractivity contribution is 5.75. The van der Waals surface area contributed by atoms with Crippen LogP contribution in [0.3, 0.4) is 0 Å². The molecule has 0 atom stereocenters. The van der Waals surface area contributed by atoms with Crippen LogP contribution in [0.25, 0.3) is 0 Å². The van der Waals surface area contributed by atoms with Crippen molar-refractivity contribution in [2.75, 3.05) is 0 Å². The summed E-state index contributed by atoms with van der Waals surface area (Å²) in [6.07, 6.45) is 2.75. The third-order valence-corrected chi connectivity index (χ3v) is 0.355. The fourth-order valence-electron chi connectivity index (χ4n) is 0.154. The van der Waals surface area contributed by atoms with Crippen LogP contribution in [0.2, 0.25) is 0 Å². The van der Waals surface area contributed by atoms with Gasteiger partial charge in [0.1, 0.15) is 0 Å². The van der Waals surface area contributed by atoms with Crippen LogP contribution in [-0.2, 0) is 0 Å². The molecule has 4 heteroatoms. The van der Waals surface area contributed by atoms with Gasteiger partial charge in [0.2, 0.25) is 0 Å². The number of hydrogen-bond donors (Lipinski definition) is 2. The molecule has 0 radical (unpaired) electrons. The molecule has 0 aliphatic rings. The molecule has 0 saturated carbocycles. The van der Waals surface area contributed by atoms with E-state index in [-0.39, 0.29) is 0 Å². The maximum atomic E-state index is 9.84. The summed E-state index contributed by atoms with van der Waals surface area (Å²) in [7, 11) is 0. The molecule has 0 aromatic rings. The number of amides is 2. The predicted molar refractivity (Wildman–Crippen MR) is 31.4 cm³/mol. The van der Waals surface area contributed by atoms with Gasteiger partial charge in [-0.3, -0.25) is 0 Å². The lowest BCUT2D eigenvalue weighted by atomic mass is 10.7. The summed E-state index contributed by atoms with van der Waals surface area (Å²) in [5, 5.41) is 3.32. The summed E-state index contributed by atoms with van der Waals surface area (Å²) >= 11 is 0. The van der Waals surface area contributed by atoms with Crippen molar-refractivity contribution in [2.24, 2.45) is 10.8 Å². The predicted octanol–water partition coefficient (Wildman–Crippen LogP) is -0.173. The number of rotatable bonds is 2. The number of carbonyl (C=O) groups excluding carboxylic acids is 1. The van der Waals surface area contributed by atoms with Gasteiger partial charge in [0.15, 0.2) is 0 Å². The minimum Gasteiger partial charge on any atom is -0.350 e. The first-order chi connectivity index (χ1) is 3.77. The second kappa shape index (κ2) is 3.86. The van der Waals surface area contributed by atoms with Crippen molar-refractivity contribution in [1.82, 2.24) is 5.43 Å². The first-order valence-electron chi connectivity index (χ1n) is 1.97. The maximum absolute atomic E-state index is 9.84. The molecule has 3 N–H and O–H groups in total. The van der Waals surface area contributed by atoms with Crippen LogP contribution in [-0.4, -0.2) is 12.2 Å². The van der Waals surface area contributed by atoms with E-state index in [0.29, 0.717) is 0 Å². The summed E-state index contributed by atoms with van der Waals surface area (Å²) in [5.74, 6) is 0. The van der Waals surface area contributed by atoms with E-state index < -0.39 is 6.03 Å². The van der Waals surface area contributed by atoms with Gasteiger partial charge in [-0.15, -0.1) is 0 Å². The quantitative estimate of drug-likeness (QED) is 0.378. The smallest absolute Gasteiger partial charge is 0.332 e. The van der Waals surface area contributed by atoms with Crippen LogP contribution >= 0.6 is 0 Å². The minimum atomic E-state index is -0.678. The van der Waals surface area contributed by atoms with Gasteiger partial charge in [0.05, 0.1) is 0 Å². The van der Waals surface area contributed by atoms with E-state index in [2.05, 4.69) is 17.4 Å². The Morgan fingerprint density at radius 2 is 2.50 bits per heavy atom. The summed E-state index contributed by atoms with van der Waals surface area (Å²) in [6, 6.07) is -0.678. The van der Waals surface area contributed by atoms with E-state index in [1.54, 1.807) is 0 Å². The zero-order chi connectivity index (χ0) is 6.41. The Morgan fingerprint density at radius 1 is 1.88 bits per heavy atom. The van der Waals surface area contributed by atoms with Crippen molar-refractivity contribution >= 4 is 12.2 Å². The fraction of sp³-hybridized carbons (Fsp3) is 0. The molecular weight excluding hydrogens is 106 g/mol. The number of primary amides is 1. The van der Waals surface area contributed by atoms with E-state index in [1.807, 2.05) is 5.43 Å². The molecule has 0 aliphatic carbocycles. The van der Waals surface area contributed by atoms with Gasteiger partial charge in [-0.1, -0.05) is 6.58 Å². The van der Waals surface area contributed by atoms with Crippen LogP contribution < -0.4 is 11.2 Å². The highest BCUT2D eigenvalue weighted by atomic mass is 16.2. The zero-order valence-corrected chi connectivity index (χ0v) is 4.29. The molecule has 8 heavy (non-hydrogen) atoms. The van der Waals surface area contributed by atoms with Crippen molar-refractivity contribution < 1.29 is 4.79 Å². The number of carbonyl (C=O) groups is 1. The largest absolute Gasteiger partial charge is 0.350 e. The lowest BCUT2D eigenvalue weighted by Crippen LogP contribution is -2.24. The monoisotopic (exact) mass is 113 g/mol. The number of nitrogens with two attached hydrogens (primary N) is 1. The number of urea groups is 1. The fourth-order valence-corrected chi connectivity index (χ4v) is 0.154. The van der Waals surface area contributed by atoms with Gasteiger partial charge in [0, 0.05) is 6.21 Å². The number of hydrogen-bond acceptors (Lipinski definition) is 2. The Morgan fingerprint density at radius 3 is 2.88 bits per heavy atom. The summed E-state index contributed by atoms with van der Waals surface area (Å²) < 4.78 is 0. The summed E-state index contributed by atoms with van der Waals surface area (Å²) in [4.78, 5) is 9.84. The van der Waals surface area contributed by atoms with Crippen molar-refractivity contribution in [1.29, 1.82) is 0 Å². The molecule has 0 aliphatic heterocycles. The highest BCUT2D eigenvalue weighted by Gasteiger charge is 1.79. The Balaban J connectivity index is 3.29. The Labute approximate surface area is 47.1 Å². The van der Waals surface area contributed by atoms with Gasteiger partial charge in [-0.25, -0.2) is 10.2 Å². The molecule has 44 valence electrons. The molecule has 2 amide bonds. The summed E-state index contributed by atoms with van der Waals surface area (Å²) in [6.45, 7) is 3.32. The van der Waals surface area contributed by atoms with E-state index in [0.717, 1.165) is 0 Å². The van der Waals surface area contributed by atoms with E-state index >= 15 is 0 Å². The average molecular weight is 113 g/mol. The topological polar surface area (TPSA) is 67.5 Å². The lowest BCUT2D eigenvalue weighted by molar-refractivity contribution is 0.249. The molecule has 0 spiro atoms. The molecular formula is C4H7N3O. The Bertz CT molecular complexity index is 118. The standard InChI is InChI=1S/C4H7N3O/c1-2-3-6-7-4(5)8/h2-3H,1H2,(H3,5,7,8)/b6-3+.